The Labute approximate surface area is 86.9 Å². The minimum absolute atomic E-state index is 0.397. The highest BCUT2D eigenvalue weighted by atomic mass is 35.5. The van der Waals surface area contributed by atoms with Crippen molar-refractivity contribution in [1.82, 2.24) is 4.98 Å². The van der Waals surface area contributed by atoms with Gasteiger partial charge in [-0.15, -0.1) is 0 Å². The van der Waals surface area contributed by atoms with Gasteiger partial charge >= 0.3 is 0 Å². The van der Waals surface area contributed by atoms with Crippen molar-refractivity contribution in [1.29, 1.82) is 0 Å². The van der Waals surface area contributed by atoms with Crippen LogP contribution in [0.15, 0.2) is 12.1 Å². The molecule has 1 heterocycles. The van der Waals surface area contributed by atoms with Crippen LogP contribution in [-0.4, -0.2) is 11.3 Å². The molecule has 0 spiro atoms. The summed E-state index contributed by atoms with van der Waals surface area (Å²) in [6.45, 7) is 0. The summed E-state index contributed by atoms with van der Waals surface area (Å²) in [7, 11) is 0. The summed E-state index contributed by atoms with van der Waals surface area (Å²) in [6.07, 6.45) is 3.10. The quantitative estimate of drug-likeness (QED) is 0.441. The van der Waals surface area contributed by atoms with Gasteiger partial charge in [-0.3, -0.25) is 0 Å². The van der Waals surface area contributed by atoms with Crippen molar-refractivity contribution in [3.05, 3.63) is 28.0 Å². The van der Waals surface area contributed by atoms with Crippen LogP contribution < -0.4 is 0 Å². The Bertz CT molecular complexity index is 281. The van der Waals surface area contributed by atoms with Gasteiger partial charge in [-0.05, 0) is 30.5 Å². The fourth-order valence-electron chi connectivity index (χ4n) is 1.05. The van der Waals surface area contributed by atoms with E-state index in [0.29, 0.717) is 16.7 Å². The molecule has 0 amide bonds. The van der Waals surface area contributed by atoms with Gasteiger partial charge in [0.15, 0.2) is 0 Å². The van der Waals surface area contributed by atoms with Crippen LogP contribution in [0, 0.1) is 0 Å². The van der Waals surface area contributed by atoms with Crippen LogP contribution in [0.25, 0.3) is 0 Å². The van der Waals surface area contributed by atoms with E-state index in [2.05, 4.69) is 4.98 Å². The molecule has 1 aromatic heterocycles. The smallest absolute Gasteiger partial charge is 0.131 e. The van der Waals surface area contributed by atoms with Gasteiger partial charge in [-0.25, -0.2) is 4.98 Å². The van der Waals surface area contributed by atoms with Crippen molar-refractivity contribution < 1.29 is 4.79 Å². The third-order valence-corrected chi connectivity index (χ3v) is 2.00. The molecular formula is C9H9Cl2NO. The molecule has 0 saturated heterocycles. The number of nitrogens with zero attached hydrogens (tertiary/aromatic N) is 1. The van der Waals surface area contributed by atoms with Gasteiger partial charge in [0.25, 0.3) is 0 Å². The molecule has 0 aromatic carbocycles. The Morgan fingerprint density at radius 3 is 2.46 bits per heavy atom. The number of aromatic nitrogens is 1. The second-order valence-corrected chi connectivity index (χ2v) is 3.45. The SMILES string of the molecule is O=CCCCc1cc(Cl)nc(Cl)c1. The predicted octanol–water partition coefficient (Wildman–Crippen LogP) is 2.91. The number of carbonyl (C=O) groups is 1. The van der Waals surface area contributed by atoms with E-state index in [1.807, 2.05) is 0 Å². The first kappa shape index (κ1) is 10.5. The number of aryl methyl sites for hydroxylation is 1. The highest BCUT2D eigenvalue weighted by Crippen LogP contribution is 2.15. The van der Waals surface area contributed by atoms with Crippen LogP contribution in [0.1, 0.15) is 18.4 Å². The Hall–Kier alpha value is -0.600. The second-order valence-electron chi connectivity index (χ2n) is 2.68. The van der Waals surface area contributed by atoms with Gasteiger partial charge in [0.1, 0.15) is 16.6 Å². The molecule has 0 bridgehead atoms. The maximum Gasteiger partial charge on any atom is 0.131 e. The lowest BCUT2D eigenvalue weighted by Gasteiger charge is -2.00. The number of hydrogen-bond donors (Lipinski definition) is 0. The van der Waals surface area contributed by atoms with Crippen LogP contribution in [0.5, 0.6) is 0 Å². The molecular weight excluding hydrogens is 209 g/mol. The van der Waals surface area contributed by atoms with E-state index in [4.69, 9.17) is 23.2 Å². The first-order valence-corrected chi connectivity index (χ1v) is 4.73. The number of unbranched alkanes of at least 4 members (excludes halogenated alkanes) is 1. The molecule has 4 heteroatoms. The fourth-order valence-corrected chi connectivity index (χ4v) is 1.55. The summed E-state index contributed by atoms with van der Waals surface area (Å²) in [5.41, 5.74) is 1.02. The largest absolute Gasteiger partial charge is 0.303 e. The summed E-state index contributed by atoms with van der Waals surface area (Å²) in [5.74, 6) is 0. The van der Waals surface area contributed by atoms with Crippen molar-refractivity contribution in [2.24, 2.45) is 0 Å². The van der Waals surface area contributed by atoms with Gasteiger partial charge in [0.2, 0.25) is 0 Å². The minimum atomic E-state index is 0.397. The first-order chi connectivity index (χ1) is 6.22. The van der Waals surface area contributed by atoms with Crippen molar-refractivity contribution in [3.63, 3.8) is 0 Å². The molecule has 0 aliphatic carbocycles. The zero-order chi connectivity index (χ0) is 9.68. The van der Waals surface area contributed by atoms with E-state index < -0.39 is 0 Å². The van der Waals surface area contributed by atoms with Crippen LogP contribution >= 0.6 is 23.2 Å². The number of hydrogen-bond acceptors (Lipinski definition) is 2. The molecule has 0 N–H and O–H groups in total. The van der Waals surface area contributed by atoms with Crippen molar-refractivity contribution in [2.45, 2.75) is 19.3 Å². The van der Waals surface area contributed by atoms with Crippen molar-refractivity contribution in [2.75, 3.05) is 0 Å². The number of pyridine rings is 1. The number of carbonyl (C=O) groups excluding carboxylic acids is 1. The van der Waals surface area contributed by atoms with Crippen LogP contribution in [-0.2, 0) is 11.2 Å². The number of halogens is 2. The third-order valence-electron chi connectivity index (χ3n) is 1.61. The summed E-state index contributed by atoms with van der Waals surface area (Å²) in [6, 6.07) is 3.52. The molecule has 1 rings (SSSR count). The van der Waals surface area contributed by atoms with Crippen LogP contribution in [0.3, 0.4) is 0 Å². The van der Waals surface area contributed by atoms with E-state index in [0.717, 1.165) is 24.7 Å². The van der Waals surface area contributed by atoms with E-state index >= 15 is 0 Å². The second kappa shape index (κ2) is 5.20. The van der Waals surface area contributed by atoms with Gasteiger partial charge < -0.3 is 4.79 Å². The average molecular weight is 218 g/mol. The van der Waals surface area contributed by atoms with E-state index in [-0.39, 0.29) is 0 Å². The normalized spacial score (nSPS) is 10.0. The molecule has 0 unspecified atom stereocenters. The zero-order valence-corrected chi connectivity index (χ0v) is 8.48. The fraction of sp³-hybridized carbons (Fsp3) is 0.333. The Kier molecular flexibility index (Phi) is 4.19. The van der Waals surface area contributed by atoms with E-state index in [9.17, 15) is 4.79 Å². The Balaban J connectivity index is 2.60. The van der Waals surface area contributed by atoms with E-state index in [1.54, 1.807) is 12.1 Å². The third kappa shape index (κ3) is 3.75. The molecule has 0 aliphatic rings. The molecule has 0 radical (unpaired) electrons. The van der Waals surface area contributed by atoms with Gasteiger partial charge in [0, 0.05) is 6.42 Å². The van der Waals surface area contributed by atoms with Gasteiger partial charge in [-0.2, -0.15) is 0 Å². The van der Waals surface area contributed by atoms with Crippen LogP contribution in [0.2, 0.25) is 10.3 Å². The topological polar surface area (TPSA) is 30.0 Å². The lowest BCUT2D eigenvalue weighted by Crippen LogP contribution is -1.88. The van der Waals surface area contributed by atoms with Crippen LogP contribution in [0.4, 0.5) is 0 Å². The zero-order valence-electron chi connectivity index (χ0n) is 6.96. The predicted molar refractivity (Wildman–Crippen MR) is 53.3 cm³/mol. The maximum atomic E-state index is 10.1. The Morgan fingerprint density at radius 1 is 1.31 bits per heavy atom. The first-order valence-electron chi connectivity index (χ1n) is 3.98. The Morgan fingerprint density at radius 2 is 1.92 bits per heavy atom. The monoisotopic (exact) mass is 217 g/mol. The average Bonchev–Trinajstić information content (AvgIpc) is 2.03. The maximum absolute atomic E-state index is 10.1. The lowest BCUT2D eigenvalue weighted by atomic mass is 10.1. The molecule has 70 valence electrons. The van der Waals surface area contributed by atoms with E-state index in [1.165, 1.54) is 0 Å². The van der Waals surface area contributed by atoms with Gasteiger partial charge in [-0.1, -0.05) is 23.2 Å². The summed E-state index contributed by atoms with van der Waals surface area (Å²) >= 11 is 11.4. The molecule has 1 aromatic rings. The van der Waals surface area contributed by atoms with Gasteiger partial charge in [0.05, 0.1) is 0 Å². The highest BCUT2D eigenvalue weighted by molar-refractivity contribution is 6.32. The number of rotatable bonds is 4. The molecule has 13 heavy (non-hydrogen) atoms. The lowest BCUT2D eigenvalue weighted by molar-refractivity contribution is -0.107. The molecule has 0 saturated carbocycles. The minimum Gasteiger partial charge on any atom is -0.303 e. The summed E-state index contributed by atoms with van der Waals surface area (Å²) < 4.78 is 0. The van der Waals surface area contributed by atoms with Crippen molar-refractivity contribution >= 4 is 29.5 Å². The summed E-state index contributed by atoms with van der Waals surface area (Å²) in [5, 5.41) is 0.794. The molecule has 0 aliphatic heterocycles. The number of aldehydes is 1. The van der Waals surface area contributed by atoms with Crippen molar-refractivity contribution in [3.8, 4) is 0 Å². The molecule has 2 nitrogen and oxygen atoms in total. The standard InChI is InChI=1S/C9H9Cl2NO/c10-8-5-7(3-1-2-4-13)6-9(11)12-8/h4-6H,1-3H2. The molecule has 0 atom stereocenters. The highest BCUT2D eigenvalue weighted by Gasteiger charge is 1.98. The molecule has 0 fully saturated rings. The summed E-state index contributed by atoms with van der Waals surface area (Å²) in [4.78, 5) is 13.9.